The Bertz CT molecular complexity index is 1090. The molecule has 0 aliphatic rings. The molecule has 3 rings (SSSR count). The van der Waals surface area contributed by atoms with E-state index in [9.17, 15) is 26.7 Å². The number of nitrogens with one attached hydrogen (secondary N) is 1. The van der Waals surface area contributed by atoms with Crippen molar-refractivity contribution in [2.24, 2.45) is 0 Å². The van der Waals surface area contributed by atoms with Crippen molar-refractivity contribution < 1.29 is 22.0 Å². The van der Waals surface area contributed by atoms with Crippen LogP contribution in [0.4, 0.5) is 27.9 Å². The number of H-pyrrole nitrogens is 1. The number of hydrogen-bond acceptors (Lipinski definition) is 4. The normalized spacial score (nSPS) is 13.1. The first-order valence-electron chi connectivity index (χ1n) is 8.16. The topological polar surface area (TPSA) is 66.8 Å². The molecule has 1 N–H and O–H groups in total. The summed E-state index contributed by atoms with van der Waals surface area (Å²) in [4.78, 5) is 20.6. The van der Waals surface area contributed by atoms with Crippen LogP contribution >= 0.6 is 0 Å². The molecule has 6 nitrogen and oxygen atoms in total. The summed E-state index contributed by atoms with van der Waals surface area (Å²) in [6.45, 7) is 0.498. The quantitative estimate of drug-likeness (QED) is 0.681. The summed E-state index contributed by atoms with van der Waals surface area (Å²) in [5, 5.41) is 3.98. The van der Waals surface area contributed by atoms with Crippen molar-refractivity contribution in [2.45, 2.75) is 25.8 Å². The highest BCUT2D eigenvalue weighted by Crippen LogP contribution is 2.33. The van der Waals surface area contributed by atoms with Crippen LogP contribution in [0.3, 0.4) is 0 Å². The van der Waals surface area contributed by atoms with E-state index in [2.05, 4.69) is 15.1 Å². The lowest BCUT2D eigenvalue weighted by molar-refractivity contribution is -0.140. The van der Waals surface area contributed by atoms with E-state index >= 15 is 0 Å². The number of fused-ring (bicyclic) bond motifs is 1. The lowest BCUT2D eigenvalue weighted by atomic mass is 10.1. The lowest BCUT2D eigenvalue weighted by Crippen LogP contribution is -2.20. The highest BCUT2D eigenvalue weighted by molar-refractivity contribution is 5.78. The van der Waals surface area contributed by atoms with Gasteiger partial charge in [0.25, 0.3) is 5.56 Å². The molecule has 1 atom stereocenters. The summed E-state index contributed by atoms with van der Waals surface area (Å²) >= 11 is 0. The molecule has 150 valence electrons. The molecule has 2 heterocycles. The number of nitrogens with zero attached hydrogens (tertiary/aromatic N) is 4. The maximum atomic E-state index is 14.0. The van der Waals surface area contributed by atoms with Crippen molar-refractivity contribution >= 4 is 17.0 Å². The Kier molecular flexibility index (Phi) is 4.86. The Balaban J connectivity index is 2.18. The number of benzene rings is 1. The minimum atomic E-state index is -4.82. The Morgan fingerprint density at radius 1 is 1.29 bits per heavy atom. The molecule has 3 aromatic rings. The summed E-state index contributed by atoms with van der Waals surface area (Å²) < 4.78 is 66.9. The third kappa shape index (κ3) is 3.32. The third-order valence-corrected chi connectivity index (χ3v) is 4.32. The maximum absolute atomic E-state index is 14.0. The SMILES string of the molecule is CC(c1ccc(C(F)(F)F)c(F)c1)n1nc(CF)c2c(=O)[nH]c(N(C)C)nc21. The second-order valence-electron chi connectivity index (χ2n) is 6.42. The van der Waals surface area contributed by atoms with Gasteiger partial charge >= 0.3 is 6.18 Å². The van der Waals surface area contributed by atoms with Gasteiger partial charge in [0.2, 0.25) is 5.95 Å². The van der Waals surface area contributed by atoms with Crippen LogP contribution in [0, 0.1) is 5.82 Å². The maximum Gasteiger partial charge on any atom is 0.419 e. The van der Waals surface area contributed by atoms with Gasteiger partial charge in [-0.25, -0.2) is 13.5 Å². The monoisotopic (exact) mass is 401 g/mol. The Hall–Kier alpha value is -2.98. The molecule has 0 bridgehead atoms. The molecule has 0 radical (unpaired) electrons. The number of halogens is 5. The second kappa shape index (κ2) is 6.88. The van der Waals surface area contributed by atoms with Crippen molar-refractivity contribution in [3.8, 4) is 0 Å². The fourth-order valence-corrected chi connectivity index (χ4v) is 2.84. The predicted octanol–water partition coefficient (Wildman–Crippen LogP) is 3.42. The smallest absolute Gasteiger partial charge is 0.348 e. The van der Waals surface area contributed by atoms with Gasteiger partial charge in [0.15, 0.2) is 5.65 Å². The van der Waals surface area contributed by atoms with Gasteiger partial charge in [-0.05, 0) is 24.6 Å². The Morgan fingerprint density at radius 3 is 2.50 bits per heavy atom. The van der Waals surface area contributed by atoms with Crippen LogP contribution in [0.15, 0.2) is 23.0 Å². The minimum absolute atomic E-state index is 0.0490. The highest BCUT2D eigenvalue weighted by atomic mass is 19.4. The zero-order valence-corrected chi connectivity index (χ0v) is 15.1. The van der Waals surface area contributed by atoms with E-state index in [1.54, 1.807) is 14.1 Å². The highest BCUT2D eigenvalue weighted by Gasteiger charge is 2.34. The van der Waals surface area contributed by atoms with Crippen LogP contribution in [0.5, 0.6) is 0 Å². The van der Waals surface area contributed by atoms with Crippen LogP contribution in [-0.2, 0) is 12.9 Å². The van der Waals surface area contributed by atoms with Gasteiger partial charge in [-0.1, -0.05) is 6.07 Å². The van der Waals surface area contributed by atoms with Gasteiger partial charge in [0.05, 0.1) is 11.6 Å². The van der Waals surface area contributed by atoms with Crippen molar-refractivity contribution in [3.05, 3.63) is 51.2 Å². The largest absolute Gasteiger partial charge is 0.419 e. The van der Waals surface area contributed by atoms with Crippen LogP contribution in [-0.4, -0.2) is 33.8 Å². The molecule has 0 amide bonds. The van der Waals surface area contributed by atoms with Crippen LogP contribution in [0.1, 0.15) is 29.8 Å². The summed E-state index contributed by atoms with van der Waals surface area (Å²) in [6.07, 6.45) is -4.82. The summed E-state index contributed by atoms with van der Waals surface area (Å²) in [5.41, 5.74) is -1.93. The molecule has 1 unspecified atom stereocenters. The molecule has 0 aliphatic carbocycles. The van der Waals surface area contributed by atoms with E-state index in [1.807, 2.05) is 0 Å². The number of aromatic amines is 1. The molecule has 0 saturated carbocycles. The predicted molar refractivity (Wildman–Crippen MR) is 92.5 cm³/mol. The number of alkyl halides is 4. The zero-order chi connectivity index (χ0) is 20.8. The summed E-state index contributed by atoms with van der Waals surface area (Å²) in [7, 11) is 3.27. The number of rotatable bonds is 4. The van der Waals surface area contributed by atoms with Crippen molar-refractivity contribution in [2.75, 3.05) is 19.0 Å². The Labute approximate surface area is 155 Å². The van der Waals surface area contributed by atoms with E-state index in [0.29, 0.717) is 6.07 Å². The van der Waals surface area contributed by atoms with Crippen molar-refractivity contribution in [1.82, 2.24) is 19.7 Å². The number of hydrogen-bond donors (Lipinski definition) is 1. The first kappa shape index (κ1) is 19.8. The molecule has 11 heteroatoms. The fraction of sp³-hybridized carbons (Fsp3) is 0.353. The Morgan fingerprint density at radius 2 is 1.96 bits per heavy atom. The van der Waals surface area contributed by atoms with E-state index in [0.717, 1.165) is 12.1 Å². The van der Waals surface area contributed by atoms with Gasteiger partial charge in [-0.15, -0.1) is 0 Å². The molecular weight excluding hydrogens is 385 g/mol. The molecule has 2 aromatic heterocycles. The first-order valence-corrected chi connectivity index (χ1v) is 8.16. The molecule has 1 aromatic carbocycles. The van der Waals surface area contributed by atoms with Crippen molar-refractivity contribution in [3.63, 3.8) is 0 Å². The molecule has 0 aliphatic heterocycles. The minimum Gasteiger partial charge on any atom is -0.348 e. The summed E-state index contributed by atoms with van der Waals surface area (Å²) in [5.74, 6) is -1.24. The van der Waals surface area contributed by atoms with Crippen LogP contribution in [0.25, 0.3) is 11.0 Å². The molecule has 0 spiro atoms. The first-order chi connectivity index (χ1) is 13.0. The van der Waals surface area contributed by atoms with Crippen LogP contribution in [0.2, 0.25) is 0 Å². The number of anilines is 1. The van der Waals surface area contributed by atoms with Crippen LogP contribution < -0.4 is 10.5 Å². The summed E-state index contributed by atoms with van der Waals surface area (Å²) in [6, 6.07) is 1.69. The standard InChI is InChI=1S/C17H16F5N5O/c1-8(9-4-5-10(11(19)6-9)17(20,21)22)27-14-13(12(7-18)25-27)15(28)24-16(23-14)26(2)3/h4-6,8H,7H2,1-3H3,(H,23,24,28). The van der Waals surface area contributed by atoms with Gasteiger partial charge in [0, 0.05) is 14.1 Å². The van der Waals surface area contributed by atoms with Gasteiger partial charge in [-0.3, -0.25) is 9.78 Å². The van der Waals surface area contributed by atoms with E-state index in [4.69, 9.17) is 0 Å². The fourth-order valence-electron chi connectivity index (χ4n) is 2.84. The molecule has 0 saturated heterocycles. The molecular formula is C17H16F5N5O. The average Bonchev–Trinajstić information content (AvgIpc) is 2.99. The number of aromatic nitrogens is 4. The van der Waals surface area contributed by atoms with Crippen molar-refractivity contribution in [1.29, 1.82) is 0 Å². The van der Waals surface area contributed by atoms with E-state index < -0.39 is 35.8 Å². The zero-order valence-electron chi connectivity index (χ0n) is 15.1. The third-order valence-electron chi connectivity index (χ3n) is 4.32. The van der Waals surface area contributed by atoms with Gasteiger partial charge in [0.1, 0.15) is 23.6 Å². The van der Waals surface area contributed by atoms with E-state index in [-0.39, 0.29) is 28.2 Å². The van der Waals surface area contributed by atoms with Gasteiger partial charge < -0.3 is 4.90 Å². The van der Waals surface area contributed by atoms with E-state index in [1.165, 1.54) is 16.5 Å². The molecule has 0 fully saturated rings. The average molecular weight is 401 g/mol. The van der Waals surface area contributed by atoms with Gasteiger partial charge in [-0.2, -0.15) is 23.3 Å². The lowest BCUT2D eigenvalue weighted by Gasteiger charge is -2.16. The second-order valence-corrected chi connectivity index (χ2v) is 6.42. The molecule has 28 heavy (non-hydrogen) atoms.